The molecule has 0 aromatic heterocycles. The summed E-state index contributed by atoms with van der Waals surface area (Å²) in [5, 5.41) is 13.9. The second-order valence-corrected chi connectivity index (χ2v) is 6.21. The van der Waals surface area contributed by atoms with Crippen molar-refractivity contribution in [2.45, 2.75) is 16.4 Å². The summed E-state index contributed by atoms with van der Waals surface area (Å²) in [5.41, 5.74) is -0.137. The van der Waals surface area contributed by atoms with Gasteiger partial charge < -0.3 is 9.84 Å². The summed E-state index contributed by atoms with van der Waals surface area (Å²) in [7, 11) is -7.80. The monoisotopic (exact) mass is 297 g/mol. The van der Waals surface area contributed by atoms with Crippen LogP contribution in [0.15, 0.2) is 21.9 Å². The van der Waals surface area contributed by atoms with E-state index in [2.05, 4.69) is 0 Å². The van der Waals surface area contributed by atoms with Gasteiger partial charge in [-0.3, -0.25) is 4.55 Å². The summed E-state index contributed by atoms with van der Waals surface area (Å²) in [5.74, 6) is -0.297. The van der Waals surface area contributed by atoms with E-state index in [0.29, 0.717) is 6.07 Å². The molecule has 8 nitrogen and oxygen atoms in total. The lowest BCUT2D eigenvalue weighted by molar-refractivity contribution is 0.277. The molecule has 1 aromatic carbocycles. The molecule has 18 heavy (non-hydrogen) atoms. The molecule has 1 rings (SSSR count). The molecule has 10 heteroatoms. The fourth-order valence-corrected chi connectivity index (χ4v) is 2.84. The Morgan fingerprint density at radius 3 is 2.11 bits per heavy atom. The summed E-state index contributed by atoms with van der Waals surface area (Å²) < 4.78 is 58.3. The van der Waals surface area contributed by atoms with Gasteiger partial charge in [0.1, 0.15) is 10.6 Å². The van der Waals surface area contributed by atoms with Crippen LogP contribution in [0.2, 0.25) is 0 Å². The van der Waals surface area contributed by atoms with Crippen molar-refractivity contribution in [2.24, 2.45) is 5.14 Å². The average Bonchev–Trinajstić information content (AvgIpc) is 2.24. The summed E-state index contributed by atoms with van der Waals surface area (Å²) in [6.07, 6.45) is 0. The lowest BCUT2D eigenvalue weighted by atomic mass is 10.2. The highest BCUT2D eigenvalue weighted by molar-refractivity contribution is 7.89. The highest BCUT2D eigenvalue weighted by atomic mass is 32.2. The second kappa shape index (κ2) is 4.82. The molecule has 0 saturated carbocycles. The van der Waals surface area contributed by atoms with E-state index in [9.17, 15) is 16.8 Å². The number of nitrogens with two attached hydrogens (primary N) is 1. The van der Waals surface area contributed by atoms with Crippen molar-refractivity contribution in [3.8, 4) is 5.75 Å². The van der Waals surface area contributed by atoms with Crippen molar-refractivity contribution in [3.63, 3.8) is 0 Å². The quantitative estimate of drug-likeness (QED) is 0.609. The molecular weight excluding hydrogens is 286 g/mol. The molecule has 0 saturated heterocycles. The first-order chi connectivity index (χ1) is 8.11. The second-order valence-electron chi connectivity index (χ2n) is 3.29. The maximum absolute atomic E-state index is 11.2. The molecular formula is C8H11NO7S2. The number of benzene rings is 1. The van der Waals surface area contributed by atoms with Gasteiger partial charge in [0.2, 0.25) is 10.0 Å². The van der Waals surface area contributed by atoms with Crippen molar-refractivity contribution in [1.29, 1.82) is 0 Å². The van der Waals surface area contributed by atoms with Gasteiger partial charge in [-0.05, 0) is 12.1 Å². The third kappa shape index (κ3) is 2.97. The van der Waals surface area contributed by atoms with Crippen molar-refractivity contribution < 1.29 is 31.2 Å². The average molecular weight is 297 g/mol. The minimum Gasteiger partial charge on any atom is -0.495 e. The van der Waals surface area contributed by atoms with Gasteiger partial charge in [-0.25, -0.2) is 13.6 Å². The molecule has 0 bridgehead atoms. The number of hydrogen-bond acceptors (Lipinski definition) is 6. The van der Waals surface area contributed by atoms with Gasteiger partial charge >= 0.3 is 0 Å². The molecule has 0 amide bonds. The lowest BCUT2D eigenvalue weighted by Crippen LogP contribution is -2.16. The van der Waals surface area contributed by atoms with E-state index < -0.39 is 36.5 Å². The summed E-state index contributed by atoms with van der Waals surface area (Å²) in [6, 6.07) is 1.61. The van der Waals surface area contributed by atoms with Gasteiger partial charge in [0.15, 0.2) is 0 Å². The predicted octanol–water partition coefficient (Wildman–Crippen LogP) is -0.918. The number of aliphatic hydroxyl groups is 1. The fraction of sp³-hybridized carbons (Fsp3) is 0.250. The Bertz CT molecular complexity index is 608. The SMILES string of the molecule is COc1cc(CO)c(S(N)(=O)=O)cc1S(=O)(=O)O. The topological polar surface area (TPSA) is 144 Å². The van der Waals surface area contributed by atoms with Crippen molar-refractivity contribution in [1.82, 2.24) is 0 Å². The zero-order valence-electron chi connectivity index (χ0n) is 9.19. The number of aliphatic hydroxyl groups excluding tert-OH is 1. The Morgan fingerprint density at radius 1 is 1.22 bits per heavy atom. The van der Waals surface area contributed by atoms with Crippen LogP contribution in [0.25, 0.3) is 0 Å². The summed E-state index contributed by atoms with van der Waals surface area (Å²) >= 11 is 0. The van der Waals surface area contributed by atoms with Gasteiger partial charge in [0.25, 0.3) is 10.1 Å². The molecule has 0 atom stereocenters. The first-order valence-electron chi connectivity index (χ1n) is 4.43. The minimum absolute atomic E-state index is 0.137. The van der Waals surface area contributed by atoms with Crippen LogP contribution < -0.4 is 9.88 Å². The Hall–Kier alpha value is -1.20. The Morgan fingerprint density at radius 2 is 1.78 bits per heavy atom. The maximum atomic E-state index is 11.2. The van der Waals surface area contributed by atoms with E-state index in [-0.39, 0.29) is 11.3 Å². The Labute approximate surface area is 104 Å². The molecule has 102 valence electrons. The van der Waals surface area contributed by atoms with Gasteiger partial charge in [-0.1, -0.05) is 0 Å². The van der Waals surface area contributed by atoms with Gasteiger partial charge in [0.05, 0.1) is 18.6 Å². The van der Waals surface area contributed by atoms with Crippen LogP contribution in [0.1, 0.15) is 5.56 Å². The van der Waals surface area contributed by atoms with Crippen LogP contribution in [-0.4, -0.2) is 33.6 Å². The molecule has 0 aliphatic rings. The smallest absolute Gasteiger partial charge is 0.298 e. The Kier molecular flexibility index (Phi) is 3.98. The zero-order chi connectivity index (χ0) is 14.1. The molecule has 0 fully saturated rings. The summed E-state index contributed by atoms with van der Waals surface area (Å²) in [6.45, 7) is -0.687. The van der Waals surface area contributed by atoms with Crippen LogP contribution in [0.3, 0.4) is 0 Å². The van der Waals surface area contributed by atoms with E-state index >= 15 is 0 Å². The molecule has 0 aliphatic heterocycles. The molecule has 0 aliphatic carbocycles. The predicted molar refractivity (Wildman–Crippen MR) is 60.1 cm³/mol. The molecule has 0 spiro atoms. The number of methoxy groups -OCH3 is 1. The van der Waals surface area contributed by atoms with Crippen molar-refractivity contribution in [2.75, 3.05) is 7.11 Å². The number of ether oxygens (including phenoxy) is 1. The molecule has 0 unspecified atom stereocenters. The molecule has 4 N–H and O–H groups in total. The van der Waals surface area contributed by atoms with Crippen LogP contribution in [0.5, 0.6) is 5.75 Å². The number of primary sulfonamides is 1. The standard InChI is InChI=1S/C8H11NO7S2/c1-16-6-2-5(4-10)7(17(9,11)12)3-8(6)18(13,14)15/h2-3,10H,4H2,1H3,(H2,9,11,12)(H,13,14,15). The Balaban J connectivity index is 3.76. The first-order valence-corrected chi connectivity index (χ1v) is 7.42. The van der Waals surface area contributed by atoms with E-state index in [0.717, 1.165) is 13.2 Å². The minimum atomic E-state index is -4.68. The van der Waals surface area contributed by atoms with Crippen molar-refractivity contribution >= 4 is 20.1 Å². The van der Waals surface area contributed by atoms with E-state index in [4.69, 9.17) is 19.5 Å². The van der Waals surface area contributed by atoms with Gasteiger partial charge in [-0.15, -0.1) is 0 Å². The largest absolute Gasteiger partial charge is 0.495 e. The van der Waals surface area contributed by atoms with Gasteiger partial charge in [0, 0.05) is 5.56 Å². The highest BCUT2D eigenvalue weighted by Gasteiger charge is 2.23. The molecule has 1 aromatic rings. The van der Waals surface area contributed by atoms with Gasteiger partial charge in [-0.2, -0.15) is 8.42 Å². The number of rotatable bonds is 4. The van der Waals surface area contributed by atoms with E-state index in [1.807, 2.05) is 0 Å². The zero-order valence-corrected chi connectivity index (χ0v) is 10.8. The lowest BCUT2D eigenvalue weighted by Gasteiger charge is -2.11. The van der Waals surface area contributed by atoms with Crippen molar-refractivity contribution in [3.05, 3.63) is 17.7 Å². The third-order valence-corrected chi connectivity index (χ3v) is 3.97. The summed E-state index contributed by atoms with van der Waals surface area (Å²) in [4.78, 5) is -1.34. The highest BCUT2D eigenvalue weighted by Crippen LogP contribution is 2.29. The van der Waals surface area contributed by atoms with E-state index in [1.165, 1.54) is 0 Å². The molecule has 0 radical (unpaired) electrons. The van der Waals surface area contributed by atoms with Crippen LogP contribution in [-0.2, 0) is 26.7 Å². The number of sulfonamides is 1. The number of hydrogen-bond donors (Lipinski definition) is 3. The fourth-order valence-electron chi connectivity index (χ4n) is 1.33. The molecule has 0 heterocycles. The normalized spacial score (nSPS) is 12.4. The van der Waals surface area contributed by atoms with E-state index in [1.54, 1.807) is 0 Å². The first kappa shape index (κ1) is 14.9. The van der Waals surface area contributed by atoms with Crippen LogP contribution in [0.4, 0.5) is 0 Å². The maximum Gasteiger partial charge on any atom is 0.298 e. The van der Waals surface area contributed by atoms with Crippen LogP contribution in [0, 0.1) is 0 Å². The van der Waals surface area contributed by atoms with Crippen LogP contribution >= 0.6 is 0 Å². The third-order valence-electron chi connectivity index (χ3n) is 2.10.